The predicted octanol–water partition coefficient (Wildman–Crippen LogP) is 2.24. The van der Waals surface area contributed by atoms with E-state index in [-0.39, 0.29) is 5.91 Å². The van der Waals surface area contributed by atoms with Crippen molar-refractivity contribution in [2.24, 2.45) is 11.7 Å². The Morgan fingerprint density at radius 1 is 1.40 bits per heavy atom. The highest BCUT2D eigenvalue weighted by atomic mass is 16.5. The Balaban J connectivity index is 2.52. The van der Waals surface area contributed by atoms with Crippen LogP contribution >= 0.6 is 0 Å². The molecule has 0 aliphatic heterocycles. The van der Waals surface area contributed by atoms with Gasteiger partial charge in [-0.25, -0.2) is 0 Å². The summed E-state index contributed by atoms with van der Waals surface area (Å²) in [6.07, 6.45) is 3.06. The molecule has 3 N–H and O–H groups in total. The van der Waals surface area contributed by atoms with Crippen molar-refractivity contribution in [1.29, 1.82) is 0 Å². The SMILES string of the molecule is C=CNC(Cc1ccc(OCCC(C)C)cc1)C(N)=O. The molecule has 1 unspecified atom stereocenters. The molecule has 1 aromatic carbocycles. The van der Waals surface area contributed by atoms with Gasteiger partial charge in [-0.15, -0.1) is 0 Å². The molecule has 0 aromatic heterocycles. The third-order valence-corrected chi connectivity index (χ3v) is 2.99. The second-order valence-electron chi connectivity index (χ2n) is 5.20. The summed E-state index contributed by atoms with van der Waals surface area (Å²) in [6, 6.07) is 7.31. The average molecular weight is 276 g/mol. The molecule has 0 spiro atoms. The second kappa shape index (κ2) is 8.25. The first-order chi connectivity index (χ1) is 9.52. The van der Waals surface area contributed by atoms with E-state index >= 15 is 0 Å². The third-order valence-electron chi connectivity index (χ3n) is 2.99. The molecular weight excluding hydrogens is 252 g/mol. The number of hydrogen-bond acceptors (Lipinski definition) is 3. The van der Waals surface area contributed by atoms with Crippen LogP contribution in [-0.2, 0) is 11.2 Å². The van der Waals surface area contributed by atoms with Gasteiger partial charge in [0.2, 0.25) is 5.91 Å². The first-order valence-electron chi connectivity index (χ1n) is 6.91. The lowest BCUT2D eigenvalue weighted by Crippen LogP contribution is -2.40. The van der Waals surface area contributed by atoms with Crippen molar-refractivity contribution in [3.63, 3.8) is 0 Å². The highest BCUT2D eigenvalue weighted by Crippen LogP contribution is 2.14. The van der Waals surface area contributed by atoms with E-state index in [0.717, 1.165) is 24.3 Å². The molecule has 0 fully saturated rings. The predicted molar refractivity (Wildman–Crippen MR) is 81.4 cm³/mol. The van der Waals surface area contributed by atoms with Crippen LogP contribution in [0, 0.1) is 5.92 Å². The third kappa shape index (κ3) is 5.78. The van der Waals surface area contributed by atoms with E-state index in [0.29, 0.717) is 12.3 Å². The minimum Gasteiger partial charge on any atom is -0.494 e. The van der Waals surface area contributed by atoms with Gasteiger partial charge in [-0.3, -0.25) is 4.79 Å². The summed E-state index contributed by atoms with van der Waals surface area (Å²) >= 11 is 0. The van der Waals surface area contributed by atoms with Crippen molar-refractivity contribution < 1.29 is 9.53 Å². The maximum absolute atomic E-state index is 11.3. The summed E-state index contributed by atoms with van der Waals surface area (Å²) in [4.78, 5) is 11.3. The van der Waals surface area contributed by atoms with Crippen molar-refractivity contribution in [3.05, 3.63) is 42.6 Å². The summed E-state index contributed by atoms with van der Waals surface area (Å²) in [5.41, 5.74) is 6.35. The van der Waals surface area contributed by atoms with Gasteiger partial charge in [-0.2, -0.15) is 0 Å². The fourth-order valence-corrected chi connectivity index (χ4v) is 1.75. The lowest BCUT2D eigenvalue weighted by Gasteiger charge is -2.14. The molecule has 0 aliphatic rings. The van der Waals surface area contributed by atoms with Gasteiger partial charge in [-0.1, -0.05) is 32.6 Å². The maximum Gasteiger partial charge on any atom is 0.240 e. The van der Waals surface area contributed by atoms with Gasteiger partial charge in [0.1, 0.15) is 11.8 Å². The van der Waals surface area contributed by atoms with Crippen LogP contribution in [0.25, 0.3) is 0 Å². The van der Waals surface area contributed by atoms with Crippen LogP contribution in [0.2, 0.25) is 0 Å². The van der Waals surface area contributed by atoms with Crippen LogP contribution in [0.5, 0.6) is 5.75 Å². The van der Waals surface area contributed by atoms with E-state index in [9.17, 15) is 4.79 Å². The van der Waals surface area contributed by atoms with Crippen LogP contribution in [0.15, 0.2) is 37.0 Å². The smallest absolute Gasteiger partial charge is 0.240 e. The number of amides is 1. The summed E-state index contributed by atoms with van der Waals surface area (Å²) < 4.78 is 5.65. The number of ether oxygens (including phenoxy) is 1. The lowest BCUT2D eigenvalue weighted by atomic mass is 10.1. The summed E-state index contributed by atoms with van der Waals surface area (Å²) in [7, 11) is 0. The fourth-order valence-electron chi connectivity index (χ4n) is 1.75. The highest BCUT2D eigenvalue weighted by Gasteiger charge is 2.13. The van der Waals surface area contributed by atoms with Gasteiger partial charge in [0.15, 0.2) is 0 Å². The van der Waals surface area contributed by atoms with Gasteiger partial charge < -0.3 is 15.8 Å². The first kappa shape index (κ1) is 16.1. The zero-order valence-electron chi connectivity index (χ0n) is 12.3. The quantitative estimate of drug-likeness (QED) is 0.727. The standard InChI is InChI=1S/C16H24N2O2/c1-4-18-15(16(17)19)11-13-5-7-14(8-6-13)20-10-9-12(2)3/h4-8,12,15,18H,1,9-11H2,2-3H3,(H2,17,19). The molecule has 0 radical (unpaired) electrons. The van der Waals surface area contributed by atoms with E-state index in [1.54, 1.807) is 0 Å². The molecule has 4 heteroatoms. The van der Waals surface area contributed by atoms with Gasteiger partial charge in [0.25, 0.3) is 0 Å². The van der Waals surface area contributed by atoms with Gasteiger partial charge >= 0.3 is 0 Å². The number of hydrogen-bond donors (Lipinski definition) is 2. The van der Waals surface area contributed by atoms with Crippen LogP contribution in [0.3, 0.4) is 0 Å². The molecule has 1 atom stereocenters. The minimum absolute atomic E-state index is 0.387. The topological polar surface area (TPSA) is 64.3 Å². The number of nitrogens with one attached hydrogen (secondary N) is 1. The van der Waals surface area contributed by atoms with Gasteiger partial charge in [-0.05, 0) is 36.2 Å². The lowest BCUT2D eigenvalue weighted by molar-refractivity contribution is -0.119. The Bertz CT molecular complexity index is 427. The fraction of sp³-hybridized carbons (Fsp3) is 0.438. The molecule has 0 heterocycles. The maximum atomic E-state index is 11.3. The van der Waals surface area contributed by atoms with Crippen LogP contribution < -0.4 is 15.8 Å². The van der Waals surface area contributed by atoms with E-state index in [2.05, 4.69) is 25.7 Å². The molecule has 1 amide bonds. The Morgan fingerprint density at radius 2 is 2.05 bits per heavy atom. The molecule has 1 aromatic rings. The molecular formula is C16H24N2O2. The van der Waals surface area contributed by atoms with Crippen molar-refractivity contribution in [3.8, 4) is 5.75 Å². The summed E-state index contributed by atoms with van der Waals surface area (Å²) in [5, 5.41) is 2.85. The number of carbonyl (C=O) groups is 1. The highest BCUT2D eigenvalue weighted by molar-refractivity contribution is 5.80. The number of carbonyl (C=O) groups excluding carboxylic acids is 1. The molecule has 1 rings (SSSR count). The Kier molecular flexibility index (Phi) is 6.64. The van der Waals surface area contributed by atoms with Crippen molar-refractivity contribution in [1.82, 2.24) is 5.32 Å². The van der Waals surface area contributed by atoms with Gasteiger partial charge in [0, 0.05) is 6.42 Å². The van der Waals surface area contributed by atoms with E-state index in [4.69, 9.17) is 10.5 Å². The summed E-state index contributed by atoms with van der Waals surface area (Å²) in [5.74, 6) is 1.10. The van der Waals surface area contributed by atoms with E-state index < -0.39 is 6.04 Å². The van der Waals surface area contributed by atoms with Crippen LogP contribution in [0.1, 0.15) is 25.8 Å². The zero-order chi connectivity index (χ0) is 15.0. The molecule has 0 saturated carbocycles. The minimum atomic E-state index is -0.430. The number of nitrogens with two attached hydrogens (primary N) is 1. The average Bonchev–Trinajstić information content (AvgIpc) is 2.39. The van der Waals surface area contributed by atoms with Crippen LogP contribution in [0.4, 0.5) is 0 Å². The van der Waals surface area contributed by atoms with E-state index in [1.165, 1.54) is 6.20 Å². The first-order valence-corrected chi connectivity index (χ1v) is 6.91. The van der Waals surface area contributed by atoms with Crippen LogP contribution in [-0.4, -0.2) is 18.6 Å². The normalized spacial score (nSPS) is 11.9. The summed E-state index contributed by atoms with van der Waals surface area (Å²) in [6.45, 7) is 8.61. The Morgan fingerprint density at radius 3 is 2.55 bits per heavy atom. The molecule has 110 valence electrons. The number of benzene rings is 1. The number of primary amides is 1. The molecule has 0 bridgehead atoms. The Hall–Kier alpha value is -1.97. The molecule has 20 heavy (non-hydrogen) atoms. The van der Waals surface area contributed by atoms with Crippen molar-refractivity contribution in [2.75, 3.05) is 6.61 Å². The number of rotatable bonds is 9. The Labute approximate surface area is 121 Å². The molecule has 4 nitrogen and oxygen atoms in total. The largest absolute Gasteiger partial charge is 0.494 e. The monoisotopic (exact) mass is 276 g/mol. The zero-order valence-corrected chi connectivity index (χ0v) is 12.3. The van der Waals surface area contributed by atoms with E-state index in [1.807, 2.05) is 24.3 Å². The second-order valence-corrected chi connectivity index (χ2v) is 5.20. The molecule has 0 aliphatic carbocycles. The molecule has 0 saturated heterocycles. The van der Waals surface area contributed by atoms with Crippen molar-refractivity contribution >= 4 is 5.91 Å². The van der Waals surface area contributed by atoms with Crippen molar-refractivity contribution in [2.45, 2.75) is 32.7 Å². The van der Waals surface area contributed by atoms with Gasteiger partial charge in [0.05, 0.1) is 6.61 Å².